The van der Waals surface area contributed by atoms with Crippen LogP contribution in [-0.4, -0.2) is 44.6 Å². The minimum atomic E-state index is -0.977. The van der Waals surface area contributed by atoms with E-state index >= 15 is 0 Å². The zero-order valence-electron chi connectivity index (χ0n) is 7.56. The second-order valence-corrected chi connectivity index (χ2v) is 3.44. The van der Waals surface area contributed by atoms with Crippen LogP contribution in [0.2, 0.25) is 0 Å². The topological polar surface area (TPSA) is 15.3 Å². The Balaban J connectivity index is 2.43. The Morgan fingerprint density at radius 1 is 1.50 bits per heavy atom. The van der Waals surface area contributed by atoms with Crippen molar-refractivity contribution in [2.45, 2.75) is 18.9 Å². The standard InChI is InChI=1S/C8H16F2N2/c1-11-4-6-3-8(10)12(2)5-7(6)9/h6-8,11H,3-5H2,1-2H3. The zero-order chi connectivity index (χ0) is 9.14. The maximum Gasteiger partial charge on any atom is 0.153 e. The molecule has 3 atom stereocenters. The van der Waals surface area contributed by atoms with Crippen molar-refractivity contribution in [3.8, 4) is 0 Å². The van der Waals surface area contributed by atoms with Gasteiger partial charge in [-0.3, -0.25) is 4.90 Å². The molecule has 12 heavy (non-hydrogen) atoms. The van der Waals surface area contributed by atoms with Gasteiger partial charge in [0.15, 0.2) is 6.30 Å². The molecule has 0 aromatic carbocycles. The molecule has 1 fully saturated rings. The summed E-state index contributed by atoms with van der Waals surface area (Å²) in [6, 6.07) is 0. The van der Waals surface area contributed by atoms with Crippen LogP contribution in [0.15, 0.2) is 0 Å². The number of likely N-dealkylation sites (tertiary alicyclic amines) is 1. The number of rotatable bonds is 2. The summed E-state index contributed by atoms with van der Waals surface area (Å²) in [7, 11) is 3.38. The first kappa shape index (κ1) is 9.86. The van der Waals surface area contributed by atoms with E-state index in [0.29, 0.717) is 13.0 Å². The molecule has 2 nitrogen and oxygen atoms in total. The Hall–Kier alpha value is -0.220. The van der Waals surface area contributed by atoms with Gasteiger partial charge in [-0.05, 0) is 20.5 Å². The maximum atomic E-state index is 13.2. The highest BCUT2D eigenvalue weighted by atomic mass is 19.1. The van der Waals surface area contributed by atoms with E-state index in [1.165, 1.54) is 4.90 Å². The van der Waals surface area contributed by atoms with Crippen molar-refractivity contribution < 1.29 is 8.78 Å². The Morgan fingerprint density at radius 3 is 2.75 bits per heavy atom. The van der Waals surface area contributed by atoms with Gasteiger partial charge in [-0.2, -0.15) is 0 Å². The molecule has 0 aromatic rings. The smallest absolute Gasteiger partial charge is 0.153 e. The maximum absolute atomic E-state index is 13.2. The van der Waals surface area contributed by atoms with Crippen LogP contribution in [-0.2, 0) is 0 Å². The molecule has 1 N–H and O–H groups in total. The lowest BCUT2D eigenvalue weighted by Crippen LogP contribution is -2.46. The van der Waals surface area contributed by atoms with E-state index in [2.05, 4.69) is 5.32 Å². The van der Waals surface area contributed by atoms with E-state index in [0.717, 1.165) is 0 Å². The third kappa shape index (κ3) is 2.14. The fraction of sp³-hybridized carbons (Fsp3) is 1.00. The molecule has 1 aliphatic rings. The van der Waals surface area contributed by atoms with Crippen molar-refractivity contribution in [3.63, 3.8) is 0 Å². The number of nitrogens with one attached hydrogen (secondary N) is 1. The third-order valence-electron chi connectivity index (χ3n) is 2.42. The normalized spacial score (nSPS) is 38.5. The predicted octanol–water partition coefficient (Wildman–Crippen LogP) is 0.791. The van der Waals surface area contributed by atoms with Gasteiger partial charge in [0, 0.05) is 19.0 Å². The van der Waals surface area contributed by atoms with Crippen LogP contribution < -0.4 is 5.32 Å². The van der Waals surface area contributed by atoms with Crippen LogP contribution in [0, 0.1) is 5.92 Å². The van der Waals surface area contributed by atoms with Crippen LogP contribution in [0.1, 0.15) is 6.42 Å². The summed E-state index contributed by atoms with van der Waals surface area (Å²) < 4.78 is 26.3. The molecule has 1 rings (SSSR count). The summed E-state index contributed by atoms with van der Waals surface area (Å²) in [5, 5.41) is 2.88. The lowest BCUT2D eigenvalue weighted by Gasteiger charge is -2.34. The molecular weight excluding hydrogens is 162 g/mol. The number of hydrogen-bond acceptors (Lipinski definition) is 2. The molecule has 0 spiro atoms. The van der Waals surface area contributed by atoms with E-state index in [9.17, 15) is 8.78 Å². The van der Waals surface area contributed by atoms with Crippen molar-refractivity contribution in [1.29, 1.82) is 0 Å². The first-order chi connectivity index (χ1) is 5.65. The van der Waals surface area contributed by atoms with E-state index in [4.69, 9.17) is 0 Å². The van der Waals surface area contributed by atoms with Crippen molar-refractivity contribution in [1.82, 2.24) is 10.2 Å². The first-order valence-electron chi connectivity index (χ1n) is 4.28. The molecule has 1 aliphatic heterocycles. The Labute approximate surface area is 71.9 Å². The lowest BCUT2D eigenvalue weighted by molar-refractivity contribution is -0.00559. The molecule has 0 amide bonds. The second kappa shape index (κ2) is 4.14. The molecule has 0 bridgehead atoms. The predicted molar refractivity (Wildman–Crippen MR) is 44.5 cm³/mol. The zero-order valence-corrected chi connectivity index (χ0v) is 7.56. The number of alkyl halides is 2. The van der Waals surface area contributed by atoms with E-state index in [1.54, 1.807) is 14.1 Å². The van der Waals surface area contributed by atoms with E-state index in [1.807, 2.05) is 0 Å². The minimum absolute atomic E-state index is 0.166. The largest absolute Gasteiger partial charge is 0.319 e. The molecule has 1 heterocycles. The van der Waals surface area contributed by atoms with E-state index in [-0.39, 0.29) is 12.5 Å². The Morgan fingerprint density at radius 2 is 2.17 bits per heavy atom. The fourth-order valence-electron chi connectivity index (χ4n) is 1.59. The Kier molecular flexibility index (Phi) is 3.40. The second-order valence-electron chi connectivity index (χ2n) is 3.44. The molecule has 72 valence electrons. The third-order valence-corrected chi connectivity index (χ3v) is 2.42. The number of halogens is 2. The SMILES string of the molecule is CNCC1CC(F)N(C)CC1F. The highest BCUT2D eigenvalue weighted by molar-refractivity contribution is 4.82. The quantitative estimate of drug-likeness (QED) is 0.629. The highest BCUT2D eigenvalue weighted by Gasteiger charge is 2.33. The van der Waals surface area contributed by atoms with Gasteiger partial charge < -0.3 is 5.32 Å². The number of hydrogen-bond donors (Lipinski definition) is 1. The van der Waals surface area contributed by atoms with E-state index < -0.39 is 12.5 Å². The summed E-state index contributed by atoms with van der Waals surface area (Å²) in [6.07, 6.45) is -1.57. The molecule has 4 heteroatoms. The van der Waals surface area contributed by atoms with Gasteiger partial charge in [-0.25, -0.2) is 8.78 Å². The van der Waals surface area contributed by atoms with Gasteiger partial charge in [0.25, 0.3) is 0 Å². The van der Waals surface area contributed by atoms with Crippen molar-refractivity contribution in [2.75, 3.05) is 27.2 Å². The fourth-order valence-corrected chi connectivity index (χ4v) is 1.59. The molecular formula is C8H16F2N2. The highest BCUT2D eigenvalue weighted by Crippen LogP contribution is 2.24. The molecule has 3 unspecified atom stereocenters. The summed E-state index contributed by atoms with van der Waals surface area (Å²) in [5.74, 6) is -0.166. The van der Waals surface area contributed by atoms with Gasteiger partial charge in [0.1, 0.15) is 6.17 Å². The number of nitrogens with zero attached hydrogens (tertiary/aromatic N) is 1. The van der Waals surface area contributed by atoms with Crippen molar-refractivity contribution in [2.24, 2.45) is 5.92 Å². The molecule has 1 saturated heterocycles. The molecule has 0 saturated carbocycles. The summed E-state index contributed by atoms with van der Waals surface area (Å²) >= 11 is 0. The van der Waals surface area contributed by atoms with Crippen molar-refractivity contribution in [3.05, 3.63) is 0 Å². The molecule has 0 radical (unpaired) electrons. The van der Waals surface area contributed by atoms with Crippen molar-refractivity contribution >= 4 is 0 Å². The minimum Gasteiger partial charge on any atom is -0.319 e. The average molecular weight is 178 g/mol. The molecule has 0 aliphatic carbocycles. The van der Waals surface area contributed by atoms with Gasteiger partial charge in [-0.15, -0.1) is 0 Å². The van der Waals surface area contributed by atoms with Crippen LogP contribution in [0.25, 0.3) is 0 Å². The van der Waals surface area contributed by atoms with Gasteiger partial charge in [-0.1, -0.05) is 0 Å². The Bertz CT molecular complexity index is 143. The van der Waals surface area contributed by atoms with Crippen LogP contribution in [0.5, 0.6) is 0 Å². The van der Waals surface area contributed by atoms with Gasteiger partial charge in [0.2, 0.25) is 0 Å². The number of piperidine rings is 1. The lowest BCUT2D eigenvalue weighted by atomic mass is 9.94. The van der Waals surface area contributed by atoms with Gasteiger partial charge in [0.05, 0.1) is 0 Å². The molecule has 0 aromatic heterocycles. The average Bonchev–Trinajstić information content (AvgIpc) is 2.01. The van der Waals surface area contributed by atoms with Crippen LogP contribution in [0.4, 0.5) is 8.78 Å². The first-order valence-corrected chi connectivity index (χ1v) is 4.28. The summed E-state index contributed by atoms with van der Waals surface area (Å²) in [6.45, 7) is 0.781. The van der Waals surface area contributed by atoms with Crippen LogP contribution >= 0.6 is 0 Å². The summed E-state index contributed by atoms with van der Waals surface area (Å²) in [5.41, 5.74) is 0. The summed E-state index contributed by atoms with van der Waals surface area (Å²) in [4.78, 5) is 1.43. The van der Waals surface area contributed by atoms with Crippen LogP contribution in [0.3, 0.4) is 0 Å². The monoisotopic (exact) mass is 178 g/mol. The van der Waals surface area contributed by atoms with Gasteiger partial charge >= 0.3 is 0 Å².